The summed E-state index contributed by atoms with van der Waals surface area (Å²) < 4.78 is 24.5. The van der Waals surface area contributed by atoms with Crippen molar-refractivity contribution in [3.05, 3.63) is 76.6 Å². The molecule has 0 radical (unpaired) electrons. The fraction of sp³-hybridized carbons (Fsp3) is 0.292. The maximum absolute atomic E-state index is 13.2. The number of furan rings is 1. The molecule has 7 heteroatoms. The van der Waals surface area contributed by atoms with E-state index in [4.69, 9.17) is 9.15 Å². The lowest BCUT2D eigenvalue weighted by Crippen LogP contribution is -2.26. The normalized spacial score (nSPS) is 14.8. The standard InChI is InChI=1S/C24H23FN2O4/c1-14-21-18(28)10-24(2,3)11-19(21)31-22(14)23(29)27-13-15-7-8-20(26-12-15)30-17-6-4-5-16(25)9-17/h4-9,12H,10-11,13H2,1-3H3,(H,27,29). The van der Waals surface area contributed by atoms with Gasteiger partial charge in [-0.15, -0.1) is 0 Å². The third-order valence-corrected chi connectivity index (χ3v) is 5.25. The average Bonchev–Trinajstić information content (AvgIpc) is 3.02. The first-order valence-electron chi connectivity index (χ1n) is 10.0. The second kappa shape index (κ2) is 7.98. The van der Waals surface area contributed by atoms with Crippen LogP contribution in [0.2, 0.25) is 0 Å². The number of hydrogen-bond acceptors (Lipinski definition) is 5. The van der Waals surface area contributed by atoms with E-state index in [1.54, 1.807) is 37.4 Å². The molecule has 1 N–H and O–H groups in total. The van der Waals surface area contributed by atoms with Gasteiger partial charge in [0.2, 0.25) is 5.88 Å². The number of aromatic nitrogens is 1. The third-order valence-electron chi connectivity index (χ3n) is 5.25. The Morgan fingerprint density at radius 2 is 2.06 bits per heavy atom. The SMILES string of the molecule is Cc1c(C(=O)NCc2ccc(Oc3cccc(F)c3)nc2)oc2c1C(=O)CC(C)(C)C2. The molecule has 160 valence electrons. The molecule has 1 aromatic carbocycles. The number of carbonyl (C=O) groups excluding carboxylic acids is 2. The van der Waals surface area contributed by atoms with Crippen molar-refractivity contribution < 1.29 is 23.1 Å². The lowest BCUT2D eigenvalue weighted by molar-refractivity contribution is 0.0888. The first-order chi connectivity index (χ1) is 14.7. The second-order valence-electron chi connectivity index (χ2n) is 8.54. The predicted molar refractivity (Wildman–Crippen MR) is 112 cm³/mol. The molecule has 1 amide bonds. The van der Waals surface area contributed by atoms with Crippen LogP contribution in [0.3, 0.4) is 0 Å². The highest BCUT2D eigenvalue weighted by atomic mass is 19.1. The minimum Gasteiger partial charge on any atom is -0.455 e. The Hall–Kier alpha value is -3.48. The number of Topliss-reactive ketones (excluding diaryl/α,β-unsaturated/α-hetero) is 1. The van der Waals surface area contributed by atoms with Gasteiger partial charge in [-0.1, -0.05) is 26.0 Å². The summed E-state index contributed by atoms with van der Waals surface area (Å²) in [7, 11) is 0. The molecular formula is C24H23FN2O4. The molecule has 0 spiro atoms. The second-order valence-corrected chi connectivity index (χ2v) is 8.54. The maximum Gasteiger partial charge on any atom is 0.287 e. The largest absolute Gasteiger partial charge is 0.455 e. The molecule has 0 fully saturated rings. The van der Waals surface area contributed by atoms with E-state index in [-0.39, 0.29) is 29.4 Å². The number of ether oxygens (including phenoxy) is 1. The number of fused-ring (bicyclic) bond motifs is 1. The van der Waals surface area contributed by atoms with Crippen LogP contribution in [0.1, 0.15) is 58.1 Å². The zero-order chi connectivity index (χ0) is 22.2. The summed E-state index contributed by atoms with van der Waals surface area (Å²) in [5, 5.41) is 2.80. The van der Waals surface area contributed by atoms with E-state index in [0.29, 0.717) is 41.4 Å². The van der Waals surface area contributed by atoms with Crippen LogP contribution in [-0.2, 0) is 13.0 Å². The molecule has 2 heterocycles. The van der Waals surface area contributed by atoms with Gasteiger partial charge in [-0.2, -0.15) is 0 Å². The molecule has 0 unspecified atom stereocenters. The van der Waals surface area contributed by atoms with Gasteiger partial charge in [-0.3, -0.25) is 9.59 Å². The number of nitrogens with one attached hydrogen (secondary N) is 1. The number of amides is 1. The summed E-state index contributed by atoms with van der Waals surface area (Å²) in [5.41, 5.74) is 1.71. The first kappa shape index (κ1) is 20.8. The number of halogens is 1. The van der Waals surface area contributed by atoms with Gasteiger partial charge in [-0.25, -0.2) is 9.37 Å². The van der Waals surface area contributed by atoms with Gasteiger partial charge < -0.3 is 14.5 Å². The molecule has 1 aliphatic carbocycles. The highest BCUT2D eigenvalue weighted by Crippen LogP contribution is 2.38. The van der Waals surface area contributed by atoms with Gasteiger partial charge in [0.1, 0.15) is 17.3 Å². The first-order valence-corrected chi connectivity index (χ1v) is 10.0. The van der Waals surface area contributed by atoms with E-state index in [0.717, 1.165) is 5.56 Å². The van der Waals surface area contributed by atoms with Crippen LogP contribution in [-0.4, -0.2) is 16.7 Å². The lowest BCUT2D eigenvalue weighted by atomic mass is 9.76. The monoisotopic (exact) mass is 422 g/mol. The highest BCUT2D eigenvalue weighted by Gasteiger charge is 2.37. The van der Waals surface area contributed by atoms with Crippen LogP contribution in [0.25, 0.3) is 0 Å². The predicted octanol–water partition coefficient (Wildman–Crippen LogP) is 5.00. The van der Waals surface area contributed by atoms with Crippen molar-refractivity contribution in [1.29, 1.82) is 0 Å². The zero-order valence-electron chi connectivity index (χ0n) is 17.6. The van der Waals surface area contributed by atoms with Gasteiger partial charge in [0.25, 0.3) is 5.91 Å². The van der Waals surface area contributed by atoms with E-state index >= 15 is 0 Å². The molecule has 0 aliphatic heterocycles. The number of nitrogens with zero attached hydrogens (tertiary/aromatic N) is 1. The van der Waals surface area contributed by atoms with Crippen LogP contribution in [0.15, 0.2) is 47.0 Å². The van der Waals surface area contributed by atoms with Crippen molar-refractivity contribution in [3.63, 3.8) is 0 Å². The summed E-state index contributed by atoms with van der Waals surface area (Å²) in [6, 6.07) is 9.19. The summed E-state index contributed by atoms with van der Waals surface area (Å²) in [5.74, 6) is 0.679. The quantitative estimate of drug-likeness (QED) is 0.626. The van der Waals surface area contributed by atoms with E-state index < -0.39 is 5.82 Å². The molecule has 4 rings (SSSR count). The van der Waals surface area contributed by atoms with Gasteiger partial charge in [0.15, 0.2) is 11.5 Å². The Labute approximate surface area is 179 Å². The number of ketones is 1. The summed E-state index contributed by atoms with van der Waals surface area (Å²) in [6.07, 6.45) is 2.64. The summed E-state index contributed by atoms with van der Waals surface area (Å²) in [6.45, 7) is 6.00. The number of hydrogen-bond donors (Lipinski definition) is 1. The Balaban J connectivity index is 1.41. The van der Waals surface area contributed by atoms with Gasteiger partial charge >= 0.3 is 0 Å². The average molecular weight is 422 g/mol. The van der Waals surface area contributed by atoms with E-state index in [1.165, 1.54) is 12.1 Å². The number of benzene rings is 1. The Bertz CT molecular complexity index is 1150. The number of pyridine rings is 1. The van der Waals surface area contributed by atoms with Crippen LogP contribution >= 0.6 is 0 Å². The molecule has 0 saturated carbocycles. The van der Waals surface area contributed by atoms with E-state index in [2.05, 4.69) is 10.3 Å². The molecule has 1 aliphatic rings. The molecule has 3 aromatic rings. The molecule has 0 atom stereocenters. The maximum atomic E-state index is 13.2. The lowest BCUT2D eigenvalue weighted by Gasteiger charge is -2.27. The van der Waals surface area contributed by atoms with Crippen LogP contribution in [0.5, 0.6) is 11.6 Å². The Kier molecular flexibility index (Phi) is 5.35. The minimum atomic E-state index is -0.392. The van der Waals surface area contributed by atoms with Crippen molar-refractivity contribution >= 4 is 11.7 Å². The smallest absolute Gasteiger partial charge is 0.287 e. The third kappa shape index (κ3) is 4.50. The van der Waals surface area contributed by atoms with Crippen molar-refractivity contribution in [2.45, 2.75) is 40.2 Å². The van der Waals surface area contributed by atoms with E-state index in [1.807, 2.05) is 13.8 Å². The summed E-state index contributed by atoms with van der Waals surface area (Å²) >= 11 is 0. The molecule has 2 aromatic heterocycles. The molecule has 31 heavy (non-hydrogen) atoms. The van der Waals surface area contributed by atoms with Crippen molar-refractivity contribution in [1.82, 2.24) is 10.3 Å². The van der Waals surface area contributed by atoms with Crippen LogP contribution in [0.4, 0.5) is 4.39 Å². The highest BCUT2D eigenvalue weighted by molar-refractivity contribution is 6.03. The molecular weight excluding hydrogens is 399 g/mol. The zero-order valence-corrected chi connectivity index (χ0v) is 17.6. The fourth-order valence-corrected chi connectivity index (χ4v) is 3.79. The van der Waals surface area contributed by atoms with Crippen LogP contribution < -0.4 is 10.1 Å². The molecule has 0 bridgehead atoms. The van der Waals surface area contributed by atoms with Crippen molar-refractivity contribution in [3.8, 4) is 11.6 Å². The van der Waals surface area contributed by atoms with Gasteiger partial charge in [0, 0.05) is 43.3 Å². The minimum absolute atomic E-state index is 0.0182. The van der Waals surface area contributed by atoms with E-state index in [9.17, 15) is 14.0 Å². The Morgan fingerprint density at radius 1 is 1.26 bits per heavy atom. The molecule has 0 saturated heterocycles. The topological polar surface area (TPSA) is 81.4 Å². The summed E-state index contributed by atoms with van der Waals surface area (Å²) in [4.78, 5) is 29.3. The Morgan fingerprint density at radius 3 is 2.77 bits per heavy atom. The van der Waals surface area contributed by atoms with Crippen LogP contribution in [0, 0.1) is 18.2 Å². The van der Waals surface area contributed by atoms with Crippen molar-refractivity contribution in [2.24, 2.45) is 5.41 Å². The fourth-order valence-electron chi connectivity index (χ4n) is 3.79. The van der Waals surface area contributed by atoms with Gasteiger partial charge in [-0.05, 0) is 30.0 Å². The van der Waals surface area contributed by atoms with Gasteiger partial charge in [0.05, 0.1) is 5.56 Å². The van der Waals surface area contributed by atoms with Crippen molar-refractivity contribution in [2.75, 3.05) is 0 Å². The number of rotatable bonds is 5. The molecule has 6 nitrogen and oxygen atoms in total. The number of carbonyl (C=O) groups is 2.